The number of thiazole rings is 1. The number of hydrogen-bond acceptors (Lipinski definition) is 4. The third-order valence-corrected chi connectivity index (χ3v) is 6.58. The average molecular weight is 452 g/mol. The van der Waals surface area contributed by atoms with Crippen LogP contribution in [0.4, 0.5) is 0 Å². The van der Waals surface area contributed by atoms with E-state index in [4.69, 9.17) is 9.72 Å². The van der Waals surface area contributed by atoms with Crippen molar-refractivity contribution in [3.63, 3.8) is 0 Å². The zero-order valence-electron chi connectivity index (χ0n) is 17.9. The van der Waals surface area contributed by atoms with E-state index in [0.29, 0.717) is 11.3 Å². The summed E-state index contributed by atoms with van der Waals surface area (Å²) in [6.07, 6.45) is 0. The largest absolute Gasteiger partial charge is 0.478 e. The lowest BCUT2D eigenvalue weighted by molar-refractivity contribution is -0.154. The highest BCUT2D eigenvalue weighted by Gasteiger charge is 2.37. The van der Waals surface area contributed by atoms with E-state index in [-0.39, 0.29) is 0 Å². The van der Waals surface area contributed by atoms with Gasteiger partial charge in [-0.05, 0) is 35.9 Å². The molecule has 1 N–H and O–H groups in total. The lowest BCUT2D eigenvalue weighted by Gasteiger charge is -2.27. The van der Waals surface area contributed by atoms with Gasteiger partial charge in [0.15, 0.2) is 0 Å². The van der Waals surface area contributed by atoms with Crippen LogP contribution in [0.1, 0.15) is 12.5 Å². The van der Waals surface area contributed by atoms with E-state index in [1.165, 1.54) is 0 Å². The number of hydrogen-bond donors (Lipinski definition) is 1. The molecule has 0 fully saturated rings. The van der Waals surface area contributed by atoms with Gasteiger partial charge in [0.25, 0.3) is 0 Å². The summed E-state index contributed by atoms with van der Waals surface area (Å²) in [4.78, 5) is 16.9. The summed E-state index contributed by atoms with van der Waals surface area (Å²) in [5, 5.41) is 14.9. The maximum atomic E-state index is 12.1. The van der Waals surface area contributed by atoms with Gasteiger partial charge in [0.2, 0.25) is 5.60 Å². The van der Waals surface area contributed by atoms with Gasteiger partial charge in [0, 0.05) is 22.1 Å². The molecule has 0 aliphatic heterocycles. The number of nitrogens with zero attached hydrogens (tertiary/aromatic N) is 1. The number of aliphatic carboxylic acids is 1. The zero-order valence-corrected chi connectivity index (χ0v) is 18.8. The molecule has 0 bridgehead atoms. The molecule has 1 atom stereocenters. The van der Waals surface area contributed by atoms with Crippen LogP contribution >= 0.6 is 11.3 Å². The van der Waals surface area contributed by atoms with Crippen LogP contribution in [0.2, 0.25) is 0 Å². The van der Waals surface area contributed by atoms with Gasteiger partial charge in [-0.1, -0.05) is 78.9 Å². The molecule has 0 saturated carbocycles. The standard InChI is InChI=1S/C28H21NO3S/c1-28(27(30)31,23-10-6-3-7-11-23)32-24-15-14-20-16-22(13-12-21(20)17-24)25-18-33-26(29-25)19-8-4-2-5-9-19/h2-18H,1H3,(H,30,31). The van der Waals surface area contributed by atoms with Crippen LogP contribution in [-0.4, -0.2) is 16.1 Å². The topological polar surface area (TPSA) is 59.4 Å². The molecule has 1 heterocycles. The van der Waals surface area contributed by atoms with E-state index in [2.05, 4.69) is 23.6 Å². The fraction of sp³-hybridized carbons (Fsp3) is 0.0714. The van der Waals surface area contributed by atoms with Crippen molar-refractivity contribution in [2.24, 2.45) is 0 Å². The van der Waals surface area contributed by atoms with Crippen molar-refractivity contribution in [2.45, 2.75) is 12.5 Å². The third-order valence-electron chi connectivity index (χ3n) is 5.69. The second-order valence-corrected chi connectivity index (χ2v) is 8.79. The summed E-state index contributed by atoms with van der Waals surface area (Å²) in [6, 6.07) is 30.9. The highest BCUT2D eigenvalue weighted by atomic mass is 32.1. The molecule has 4 aromatic carbocycles. The summed E-state index contributed by atoms with van der Waals surface area (Å²) in [6.45, 7) is 1.57. The van der Waals surface area contributed by atoms with Gasteiger partial charge in [0.1, 0.15) is 10.8 Å². The van der Waals surface area contributed by atoms with Crippen molar-refractivity contribution in [3.8, 4) is 27.6 Å². The third kappa shape index (κ3) is 4.11. The minimum absolute atomic E-state index is 0.504. The lowest BCUT2D eigenvalue weighted by Crippen LogP contribution is -2.38. The molecule has 0 aliphatic rings. The van der Waals surface area contributed by atoms with Gasteiger partial charge in [-0.3, -0.25) is 0 Å². The summed E-state index contributed by atoms with van der Waals surface area (Å²) in [5.41, 5.74) is 2.18. The maximum Gasteiger partial charge on any atom is 0.352 e. The van der Waals surface area contributed by atoms with Crippen molar-refractivity contribution >= 4 is 28.1 Å². The molecule has 1 unspecified atom stereocenters. The van der Waals surface area contributed by atoms with Gasteiger partial charge in [-0.15, -0.1) is 11.3 Å². The maximum absolute atomic E-state index is 12.1. The Labute approximate surface area is 195 Å². The summed E-state index contributed by atoms with van der Waals surface area (Å²) in [5.74, 6) is -0.536. The predicted molar refractivity (Wildman–Crippen MR) is 133 cm³/mol. The number of benzene rings is 4. The lowest BCUT2D eigenvalue weighted by atomic mass is 9.95. The summed E-state index contributed by atoms with van der Waals surface area (Å²) >= 11 is 1.63. The smallest absolute Gasteiger partial charge is 0.352 e. The van der Waals surface area contributed by atoms with E-state index in [1.807, 2.05) is 66.7 Å². The quantitative estimate of drug-likeness (QED) is 0.302. The van der Waals surface area contributed by atoms with Crippen molar-refractivity contribution < 1.29 is 14.6 Å². The molecule has 33 heavy (non-hydrogen) atoms. The molecule has 1 aromatic heterocycles. The van der Waals surface area contributed by atoms with Gasteiger partial charge in [-0.25, -0.2) is 9.78 Å². The van der Waals surface area contributed by atoms with Crippen LogP contribution in [0.15, 0.2) is 102 Å². The van der Waals surface area contributed by atoms with Gasteiger partial charge in [0.05, 0.1) is 5.69 Å². The Hall–Kier alpha value is -3.96. The fourth-order valence-electron chi connectivity index (χ4n) is 3.78. The molecular formula is C28H21NO3S. The first-order chi connectivity index (χ1) is 16.0. The Morgan fingerprint density at radius 3 is 2.24 bits per heavy atom. The van der Waals surface area contributed by atoms with Crippen LogP contribution in [0, 0.1) is 0 Å². The first-order valence-electron chi connectivity index (χ1n) is 10.6. The molecule has 0 saturated heterocycles. The molecule has 0 aliphatic carbocycles. The Balaban J connectivity index is 1.44. The number of carbonyl (C=O) groups is 1. The zero-order chi connectivity index (χ0) is 22.8. The molecule has 0 radical (unpaired) electrons. The first-order valence-corrected chi connectivity index (χ1v) is 11.4. The molecule has 4 nitrogen and oxygen atoms in total. The number of rotatable bonds is 6. The van der Waals surface area contributed by atoms with Crippen LogP contribution in [0.5, 0.6) is 5.75 Å². The SMILES string of the molecule is CC(Oc1ccc2cc(-c3csc(-c4ccccc4)n3)ccc2c1)(C(=O)O)c1ccccc1. The van der Waals surface area contributed by atoms with E-state index in [0.717, 1.165) is 32.6 Å². The van der Waals surface area contributed by atoms with E-state index < -0.39 is 11.6 Å². The van der Waals surface area contributed by atoms with Crippen LogP contribution in [-0.2, 0) is 10.4 Å². The number of fused-ring (bicyclic) bond motifs is 1. The number of ether oxygens (including phenoxy) is 1. The normalized spacial score (nSPS) is 12.9. The Bertz CT molecular complexity index is 1430. The summed E-state index contributed by atoms with van der Waals surface area (Å²) in [7, 11) is 0. The molecule has 5 rings (SSSR count). The van der Waals surface area contributed by atoms with E-state index in [1.54, 1.807) is 30.4 Å². The average Bonchev–Trinajstić information content (AvgIpc) is 3.35. The fourth-order valence-corrected chi connectivity index (χ4v) is 4.62. The second-order valence-electron chi connectivity index (χ2n) is 7.93. The first kappa shape index (κ1) is 20.9. The monoisotopic (exact) mass is 451 g/mol. The second kappa shape index (κ2) is 8.52. The van der Waals surface area contributed by atoms with Crippen molar-refractivity contribution in [3.05, 3.63) is 108 Å². The van der Waals surface area contributed by atoms with Crippen molar-refractivity contribution in [2.75, 3.05) is 0 Å². The molecule has 0 spiro atoms. The Kier molecular flexibility index (Phi) is 5.40. The van der Waals surface area contributed by atoms with Gasteiger partial charge in [-0.2, -0.15) is 0 Å². The number of carboxylic acid groups (broad SMARTS) is 1. The van der Waals surface area contributed by atoms with Crippen molar-refractivity contribution in [1.82, 2.24) is 4.98 Å². The Morgan fingerprint density at radius 1 is 0.848 bits per heavy atom. The van der Waals surface area contributed by atoms with Crippen molar-refractivity contribution in [1.29, 1.82) is 0 Å². The molecule has 162 valence electrons. The number of aromatic nitrogens is 1. The van der Waals surface area contributed by atoms with E-state index >= 15 is 0 Å². The van der Waals surface area contributed by atoms with Gasteiger partial charge >= 0.3 is 5.97 Å². The minimum atomic E-state index is -1.48. The van der Waals surface area contributed by atoms with Crippen LogP contribution < -0.4 is 4.74 Å². The molecular weight excluding hydrogens is 430 g/mol. The van der Waals surface area contributed by atoms with E-state index in [9.17, 15) is 9.90 Å². The predicted octanol–water partition coefficient (Wildman–Crippen LogP) is 7.01. The number of carboxylic acids is 1. The highest BCUT2D eigenvalue weighted by Crippen LogP contribution is 2.33. The van der Waals surface area contributed by atoms with Gasteiger partial charge < -0.3 is 9.84 Å². The van der Waals surface area contributed by atoms with Crippen LogP contribution in [0.25, 0.3) is 32.6 Å². The minimum Gasteiger partial charge on any atom is -0.478 e. The highest BCUT2D eigenvalue weighted by molar-refractivity contribution is 7.13. The Morgan fingerprint density at radius 2 is 1.52 bits per heavy atom. The molecule has 0 amide bonds. The van der Waals surface area contributed by atoms with Crippen LogP contribution in [0.3, 0.4) is 0 Å². The molecule has 5 heteroatoms. The molecule has 5 aromatic rings. The summed E-state index contributed by atoms with van der Waals surface area (Å²) < 4.78 is 6.01.